The van der Waals surface area contributed by atoms with Crippen LogP contribution in [0.5, 0.6) is 0 Å². The number of rotatable bonds is 0. The standard InChI is InChI=1S/C10H6Cl2N4/c11-7-1-5(9(15)3-13)8(12)2-6(7)10(16)4-14/h1-2H,15-16H2/b9-5-,10-6-. The summed E-state index contributed by atoms with van der Waals surface area (Å²) in [4.78, 5) is 0. The molecule has 6 heteroatoms. The summed E-state index contributed by atoms with van der Waals surface area (Å²) in [5.41, 5.74) is 10.8. The molecule has 1 rings (SSSR count). The molecule has 1 aromatic carbocycles. The van der Waals surface area contributed by atoms with E-state index in [1.165, 1.54) is 12.1 Å². The van der Waals surface area contributed by atoms with E-state index in [1.807, 2.05) is 0 Å². The van der Waals surface area contributed by atoms with Crippen LogP contribution in [0.4, 0.5) is 0 Å². The summed E-state index contributed by atoms with van der Waals surface area (Å²) in [7, 11) is 0. The van der Waals surface area contributed by atoms with E-state index in [2.05, 4.69) is 0 Å². The predicted molar refractivity (Wildman–Crippen MR) is 62.1 cm³/mol. The molecule has 0 aliphatic rings. The van der Waals surface area contributed by atoms with Crippen LogP contribution in [-0.2, 0) is 0 Å². The van der Waals surface area contributed by atoms with Crippen LogP contribution in [0.25, 0.3) is 11.4 Å². The van der Waals surface area contributed by atoms with Crippen molar-refractivity contribution < 1.29 is 0 Å². The Hall–Kier alpha value is -1.88. The zero-order chi connectivity index (χ0) is 12.3. The molecule has 0 aromatic heterocycles. The van der Waals surface area contributed by atoms with Crippen LogP contribution < -0.4 is 21.9 Å². The highest BCUT2D eigenvalue weighted by Gasteiger charge is 2.03. The van der Waals surface area contributed by atoms with Gasteiger partial charge < -0.3 is 11.5 Å². The van der Waals surface area contributed by atoms with Crippen LogP contribution >= 0.6 is 23.2 Å². The van der Waals surface area contributed by atoms with E-state index in [9.17, 15) is 0 Å². The quantitative estimate of drug-likeness (QED) is 0.688. The molecule has 4 N–H and O–H groups in total. The van der Waals surface area contributed by atoms with Gasteiger partial charge in [0.05, 0.1) is 10.0 Å². The van der Waals surface area contributed by atoms with Crippen molar-refractivity contribution >= 4 is 34.6 Å². The molecule has 80 valence electrons. The van der Waals surface area contributed by atoms with Crippen molar-refractivity contribution in [2.24, 2.45) is 11.5 Å². The summed E-state index contributed by atoms with van der Waals surface area (Å²) in [6, 6.07) is 6.33. The van der Waals surface area contributed by atoms with E-state index in [4.69, 9.17) is 45.2 Å². The lowest BCUT2D eigenvalue weighted by atomic mass is 10.2. The molecule has 0 fully saturated rings. The summed E-state index contributed by atoms with van der Waals surface area (Å²) in [5.74, 6) is 0. The molecular weight excluding hydrogens is 247 g/mol. The van der Waals surface area contributed by atoms with Gasteiger partial charge >= 0.3 is 0 Å². The molecule has 4 nitrogen and oxygen atoms in total. The minimum absolute atomic E-state index is 0.0472. The fourth-order valence-electron chi connectivity index (χ4n) is 1.08. The van der Waals surface area contributed by atoms with Crippen molar-refractivity contribution in [3.8, 4) is 12.1 Å². The van der Waals surface area contributed by atoms with Crippen LogP contribution in [0, 0.1) is 22.7 Å². The summed E-state index contributed by atoms with van der Waals surface area (Å²) in [6.45, 7) is 0. The van der Waals surface area contributed by atoms with Crippen molar-refractivity contribution in [2.45, 2.75) is 0 Å². The third-order valence-corrected chi connectivity index (χ3v) is 2.50. The SMILES string of the molecule is N#C/C(N)=c1\cc(Cl)/c(=C(\N)C#N)cc1Cl. The maximum absolute atomic E-state index is 8.63. The zero-order valence-electron chi connectivity index (χ0n) is 7.96. The molecule has 0 atom stereocenters. The van der Waals surface area contributed by atoms with Gasteiger partial charge in [-0.3, -0.25) is 0 Å². The largest absolute Gasteiger partial charge is 0.390 e. The second kappa shape index (κ2) is 4.76. The van der Waals surface area contributed by atoms with Crippen molar-refractivity contribution in [1.29, 1.82) is 10.5 Å². The molecule has 0 spiro atoms. The van der Waals surface area contributed by atoms with E-state index in [0.29, 0.717) is 10.4 Å². The average molecular weight is 253 g/mol. The second-order valence-electron chi connectivity index (χ2n) is 2.86. The first-order valence-electron chi connectivity index (χ1n) is 4.06. The fraction of sp³-hybridized carbons (Fsp3) is 0. The van der Waals surface area contributed by atoms with Gasteiger partial charge in [0, 0.05) is 10.4 Å². The maximum Gasteiger partial charge on any atom is 0.119 e. The van der Waals surface area contributed by atoms with Crippen molar-refractivity contribution in [1.82, 2.24) is 0 Å². The average Bonchev–Trinajstić information content (AvgIpc) is 2.29. The lowest BCUT2D eigenvalue weighted by molar-refractivity contribution is 1.42. The molecule has 0 bridgehead atoms. The Morgan fingerprint density at radius 2 is 1.25 bits per heavy atom. The van der Waals surface area contributed by atoms with Gasteiger partial charge in [-0.25, -0.2) is 0 Å². The second-order valence-corrected chi connectivity index (χ2v) is 3.68. The Morgan fingerprint density at radius 3 is 1.50 bits per heavy atom. The van der Waals surface area contributed by atoms with Crippen LogP contribution in [0.15, 0.2) is 12.1 Å². The van der Waals surface area contributed by atoms with Crippen molar-refractivity contribution in [3.63, 3.8) is 0 Å². The highest BCUT2D eigenvalue weighted by Crippen LogP contribution is 2.05. The number of nitrogens with zero attached hydrogens (tertiary/aromatic N) is 2. The fourth-order valence-corrected chi connectivity index (χ4v) is 1.61. The normalized spacial score (nSPS) is 13.5. The predicted octanol–water partition coefficient (Wildman–Crippen LogP) is 0.174. The van der Waals surface area contributed by atoms with Crippen LogP contribution in [0.2, 0.25) is 10.0 Å². The van der Waals surface area contributed by atoms with Gasteiger partial charge in [-0.1, -0.05) is 23.2 Å². The Bertz CT molecular complexity index is 577. The summed E-state index contributed by atoms with van der Waals surface area (Å²) in [6.07, 6.45) is 0. The van der Waals surface area contributed by atoms with E-state index < -0.39 is 0 Å². The maximum atomic E-state index is 8.63. The van der Waals surface area contributed by atoms with Gasteiger partial charge in [0.15, 0.2) is 0 Å². The third kappa shape index (κ3) is 2.20. The zero-order valence-corrected chi connectivity index (χ0v) is 9.47. The molecule has 0 amide bonds. The van der Waals surface area contributed by atoms with E-state index in [-0.39, 0.29) is 21.4 Å². The molecular formula is C10H6Cl2N4. The highest BCUT2D eigenvalue weighted by molar-refractivity contribution is 6.33. The summed E-state index contributed by atoms with van der Waals surface area (Å²) >= 11 is 11.8. The number of benzene rings is 1. The summed E-state index contributed by atoms with van der Waals surface area (Å²) < 4.78 is 0. The van der Waals surface area contributed by atoms with Gasteiger partial charge in [0.1, 0.15) is 23.5 Å². The molecule has 0 aliphatic carbocycles. The van der Waals surface area contributed by atoms with Crippen LogP contribution in [-0.4, -0.2) is 0 Å². The van der Waals surface area contributed by atoms with E-state index in [1.54, 1.807) is 12.1 Å². The Kier molecular flexibility index (Phi) is 3.63. The molecule has 0 radical (unpaired) electrons. The van der Waals surface area contributed by atoms with Gasteiger partial charge in [-0.05, 0) is 12.1 Å². The minimum atomic E-state index is -0.0472. The smallest absolute Gasteiger partial charge is 0.119 e. The number of halogens is 2. The topological polar surface area (TPSA) is 99.6 Å². The first-order valence-corrected chi connectivity index (χ1v) is 4.81. The van der Waals surface area contributed by atoms with Gasteiger partial charge in [0.25, 0.3) is 0 Å². The van der Waals surface area contributed by atoms with Crippen LogP contribution in [0.1, 0.15) is 0 Å². The first-order chi connectivity index (χ1) is 7.51. The Labute approximate surface area is 102 Å². The number of nitrogens with two attached hydrogens (primary N) is 2. The first kappa shape index (κ1) is 12.2. The molecule has 0 saturated heterocycles. The molecule has 0 unspecified atom stereocenters. The monoisotopic (exact) mass is 252 g/mol. The molecule has 1 aromatic rings. The van der Waals surface area contributed by atoms with Gasteiger partial charge in [0.2, 0.25) is 0 Å². The molecule has 0 saturated carbocycles. The van der Waals surface area contributed by atoms with Gasteiger partial charge in [-0.15, -0.1) is 0 Å². The van der Waals surface area contributed by atoms with E-state index >= 15 is 0 Å². The van der Waals surface area contributed by atoms with Crippen LogP contribution in [0.3, 0.4) is 0 Å². The highest BCUT2D eigenvalue weighted by atomic mass is 35.5. The minimum Gasteiger partial charge on any atom is -0.390 e. The number of hydrogen-bond acceptors (Lipinski definition) is 4. The van der Waals surface area contributed by atoms with Gasteiger partial charge in [-0.2, -0.15) is 10.5 Å². The molecule has 0 heterocycles. The number of hydrogen-bond donors (Lipinski definition) is 2. The lowest BCUT2D eigenvalue weighted by Gasteiger charge is -1.98. The van der Waals surface area contributed by atoms with Crippen molar-refractivity contribution in [3.05, 3.63) is 32.6 Å². The van der Waals surface area contributed by atoms with Crippen molar-refractivity contribution in [2.75, 3.05) is 0 Å². The third-order valence-electron chi connectivity index (χ3n) is 1.88. The molecule has 16 heavy (non-hydrogen) atoms. The lowest BCUT2D eigenvalue weighted by Crippen LogP contribution is -2.20. The Morgan fingerprint density at radius 1 is 0.938 bits per heavy atom. The molecule has 0 aliphatic heterocycles. The van der Waals surface area contributed by atoms with E-state index in [0.717, 1.165) is 0 Å². The Balaban J connectivity index is 3.82. The summed E-state index contributed by atoms with van der Waals surface area (Å²) in [5, 5.41) is 18.3. The number of nitriles is 2.